The van der Waals surface area contributed by atoms with Crippen LogP contribution in [0.4, 0.5) is 0 Å². The third-order valence-electron chi connectivity index (χ3n) is 2.54. The molecular formula is C12H18BrNO5S. The molecule has 0 saturated heterocycles. The third-order valence-corrected chi connectivity index (χ3v) is 4.65. The Labute approximate surface area is 127 Å². The van der Waals surface area contributed by atoms with Crippen molar-refractivity contribution < 1.29 is 22.6 Å². The minimum atomic E-state index is -3.66. The quantitative estimate of drug-likeness (QED) is 0.708. The molecule has 0 fully saturated rings. The van der Waals surface area contributed by atoms with Gasteiger partial charge in [0.15, 0.2) is 0 Å². The first-order valence-corrected chi connectivity index (χ1v) is 8.14. The van der Waals surface area contributed by atoms with Crippen molar-refractivity contribution in [2.45, 2.75) is 11.3 Å². The lowest BCUT2D eigenvalue weighted by Crippen LogP contribution is -2.26. The Kier molecular flexibility index (Phi) is 6.74. The van der Waals surface area contributed by atoms with Gasteiger partial charge in [-0.15, -0.1) is 0 Å². The van der Waals surface area contributed by atoms with Crippen LogP contribution in [0.25, 0.3) is 0 Å². The van der Waals surface area contributed by atoms with Gasteiger partial charge in [-0.05, 0) is 28.4 Å². The van der Waals surface area contributed by atoms with Gasteiger partial charge in [-0.1, -0.05) is 0 Å². The SMILES string of the molecule is COCCCNS(=O)(=O)c1cc(OC)c(Br)cc1OC. The second-order valence-corrected chi connectivity index (χ2v) is 6.47. The molecule has 0 atom stereocenters. The molecule has 0 spiro atoms. The van der Waals surface area contributed by atoms with E-state index in [-0.39, 0.29) is 17.2 Å². The molecule has 1 aromatic rings. The molecular weight excluding hydrogens is 350 g/mol. The number of methoxy groups -OCH3 is 3. The Morgan fingerprint density at radius 2 is 1.80 bits per heavy atom. The Morgan fingerprint density at radius 3 is 2.35 bits per heavy atom. The number of ether oxygens (including phenoxy) is 3. The molecule has 1 aromatic carbocycles. The third kappa shape index (κ3) is 4.34. The molecule has 0 bridgehead atoms. The van der Waals surface area contributed by atoms with Crippen molar-refractivity contribution in [1.29, 1.82) is 0 Å². The lowest BCUT2D eigenvalue weighted by Gasteiger charge is -2.13. The molecule has 0 aliphatic carbocycles. The molecule has 0 radical (unpaired) electrons. The Bertz CT molecular complexity index is 547. The Hall–Kier alpha value is -0.830. The maximum Gasteiger partial charge on any atom is 0.244 e. The fourth-order valence-corrected chi connectivity index (χ4v) is 3.27. The summed E-state index contributed by atoms with van der Waals surface area (Å²) in [6.07, 6.45) is 0.589. The molecule has 0 aliphatic rings. The van der Waals surface area contributed by atoms with E-state index in [0.717, 1.165) is 0 Å². The van der Waals surface area contributed by atoms with Gasteiger partial charge in [0, 0.05) is 26.3 Å². The fourth-order valence-electron chi connectivity index (χ4n) is 1.54. The minimum Gasteiger partial charge on any atom is -0.496 e. The van der Waals surface area contributed by atoms with Crippen molar-refractivity contribution in [3.05, 3.63) is 16.6 Å². The summed E-state index contributed by atoms with van der Waals surface area (Å²) in [5.74, 6) is 0.667. The van der Waals surface area contributed by atoms with Crippen LogP contribution in [0.1, 0.15) is 6.42 Å². The smallest absolute Gasteiger partial charge is 0.244 e. The monoisotopic (exact) mass is 367 g/mol. The van der Waals surface area contributed by atoms with Gasteiger partial charge in [0.1, 0.15) is 16.4 Å². The van der Waals surface area contributed by atoms with Gasteiger partial charge in [-0.3, -0.25) is 0 Å². The van der Waals surface area contributed by atoms with E-state index in [4.69, 9.17) is 14.2 Å². The van der Waals surface area contributed by atoms with Crippen LogP contribution in [0, 0.1) is 0 Å². The molecule has 0 heterocycles. The van der Waals surface area contributed by atoms with E-state index in [1.54, 1.807) is 13.2 Å². The highest BCUT2D eigenvalue weighted by atomic mass is 79.9. The molecule has 1 rings (SSSR count). The van der Waals surface area contributed by atoms with Crippen molar-refractivity contribution in [2.24, 2.45) is 0 Å². The van der Waals surface area contributed by atoms with E-state index in [1.165, 1.54) is 20.3 Å². The lowest BCUT2D eigenvalue weighted by molar-refractivity contribution is 0.196. The summed E-state index contributed by atoms with van der Waals surface area (Å²) in [7, 11) is 0.784. The molecule has 0 aliphatic heterocycles. The van der Waals surface area contributed by atoms with Crippen molar-refractivity contribution in [1.82, 2.24) is 4.72 Å². The molecule has 20 heavy (non-hydrogen) atoms. The summed E-state index contributed by atoms with van der Waals surface area (Å²) in [4.78, 5) is 0.0393. The molecule has 0 saturated carbocycles. The number of sulfonamides is 1. The average molecular weight is 368 g/mol. The van der Waals surface area contributed by atoms with Crippen molar-refractivity contribution in [3.63, 3.8) is 0 Å². The van der Waals surface area contributed by atoms with Crippen molar-refractivity contribution >= 4 is 26.0 Å². The number of hydrogen-bond donors (Lipinski definition) is 1. The summed E-state index contributed by atoms with van der Waals surface area (Å²) >= 11 is 3.29. The van der Waals surface area contributed by atoms with Crippen LogP contribution in [0.3, 0.4) is 0 Å². The highest BCUT2D eigenvalue weighted by Gasteiger charge is 2.21. The fraction of sp³-hybridized carbons (Fsp3) is 0.500. The molecule has 8 heteroatoms. The van der Waals surface area contributed by atoms with Gasteiger partial charge >= 0.3 is 0 Å². The number of hydrogen-bond acceptors (Lipinski definition) is 5. The van der Waals surface area contributed by atoms with Crippen LogP contribution in [-0.2, 0) is 14.8 Å². The van der Waals surface area contributed by atoms with Crippen LogP contribution < -0.4 is 14.2 Å². The van der Waals surface area contributed by atoms with Crippen LogP contribution in [-0.4, -0.2) is 42.9 Å². The van der Waals surface area contributed by atoms with Crippen molar-refractivity contribution in [2.75, 3.05) is 34.5 Å². The summed E-state index contributed by atoms with van der Waals surface area (Å²) < 4.78 is 42.7. The van der Waals surface area contributed by atoms with Gasteiger partial charge in [0.05, 0.1) is 18.7 Å². The van der Waals surface area contributed by atoms with Crippen LogP contribution in [0.15, 0.2) is 21.5 Å². The first kappa shape index (κ1) is 17.2. The topological polar surface area (TPSA) is 73.9 Å². The predicted molar refractivity (Wildman–Crippen MR) is 78.9 cm³/mol. The van der Waals surface area contributed by atoms with Gasteiger partial charge in [-0.25, -0.2) is 13.1 Å². The normalized spacial score (nSPS) is 11.4. The molecule has 0 unspecified atom stereocenters. The zero-order chi connectivity index (χ0) is 15.2. The van der Waals surface area contributed by atoms with Gasteiger partial charge in [0.25, 0.3) is 0 Å². The molecule has 114 valence electrons. The lowest BCUT2D eigenvalue weighted by atomic mass is 10.3. The average Bonchev–Trinajstić information content (AvgIpc) is 2.43. The number of rotatable bonds is 8. The number of nitrogens with one attached hydrogen (secondary N) is 1. The highest BCUT2D eigenvalue weighted by molar-refractivity contribution is 9.10. The van der Waals surface area contributed by atoms with Gasteiger partial charge in [0.2, 0.25) is 10.0 Å². The van der Waals surface area contributed by atoms with Gasteiger partial charge in [-0.2, -0.15) is 0 Å². The summed E-state index contributed by atoms with van der Waals surface area (Å²) in [6, 6.07) is 2.98. The summed E-state index contributed by atoms with van der Waals surface area (Å²) in [5.41, 5.74) is 0. The number of benzene rings is 1. The standard InChI is InChI=1S/C12H18BrNO5S/c1-17-6-4-5-14-20(15,16)12-8-10(18-2)9(13)7-11(12)19-3/h7-8,14H,4-6H2,1-3H3. The van der Waals surface area contributed by atoms with Crippen LogP contribution in [0.5, 0.6) is 11.5 Å². The highest BCUT2D eigenvalue weighted by Crippen LogP contribution is 2.35. The van der Waals surface area contributed by atoms with E-state index in [1.807, 2.05) is 0 Å². The maximum atomic E-state index is 12.3. The Morgan fingerprint density at radius 1 is 1.15 bits per heavy atom. The van der Waals surface area contributed by atoms with E-state index in [2.05, 4.69) is 20.7 Å². The first-order valence-electron chi connectivity index (χ1n) is 5.86. The van der Waals surface area contributed by atoms with Crippen LogP contribution >= 0.6 is 15.9 Å². The van der Waals surface area contributed by atoms with Crippen molar-refractivity contribution in [3.8, 4) is 11.5 Å². The van der Waals surface area contributed by atoms with E-state index >= 15 is 0 Å². The van der Waals surface area contributed by atoms with E-state index < -0.39 is 10.0 Å². The zero-order valence-corrected chi connectivity index (χ0v) is 14.0. The van der Waals surface area contributed by atoms with Gasteiger partial charge < -0.3 is 14.2 Å². The second-order valence-electron chi connectivity index (χ2n) is 3.88. The predicted octanol–water partition coefficient (Wildman–Crippen LogP) is 1.78. The molecule has 6 nitrogen and oxygen atoms in total. The minimum absolute atomic E-state index is 0.0393. The first-order chi connectivity index (χ1) is 9.46. The van der Waals surface area contributed by atoms with E-state index in [9.17, 15) is 8.42 Å². The zero-order valence-electron chi connectivity index (χ0n) is 11.6. The largest absolute Gasteiger partial charge is 0.496 e. The second kappa shape index (κ2) is 7.82. The number of halogens is 1. The Balaban J connectivity index is 3.03. The van der Waals surface area contributed by atoms with E-state index in [0.29, 0.717) is 23.2 Å². The molecule has 0 aromatic heterocycles. The molecule has 1 N–H and O–H groups in total. The van der Waals surface area contributed by atoms with Crippen LogP contribution in [0.2, 0.25) is 0 Å². The maximum absolute atomic E-state index is 12.3. The summed E-state index contributed by atoms with van der Waals surface area (Å²) in [6.45, 7) is 0.779. The molecule has 0 amide bonds. The summed E-state index contributed by atoms with van der Waals surface area (Å²) in [5, 5.41) is 0.